The average molecular weight is 270 g/mol. The van der Waals surface area contributed by atoms with Crippen LogP contribution in [0.3, 0.4) is 0 Å². The van der Waals surface area contributed by atoms with Crippen LogP contribution in [0.5, 0.6) is 0 Å². The third-order valence-electron chi connectivity index (χ3n) is 3.10. The molecule has 0 bridgehead atoms. The number of anilines is 1. The third kappa shape index (κ3) is 4.57. The summed E-state index contributed by atoms with van der Waals surface area (Å²) in [6, 6.07) is 8.27. The molecular formula is C16H22N4. The van der Waals surface area contributed by atoms with Gasteiger partial charge >= 0.3 is 0 Å². The van der Waals surface area contributed by atoms with Gasteiger partial charge in [0.25, 0.3) is 0 Å². The van der Waals surface area contributed by atoms with Crippen LogP contribution in [-0.2, 0) is 6.42 Å². The molecule has 0 radical (unpaired) electrons. The van der Waals surface area contributed by atoms with Gasteiger partial charge in [-0.2, -0.15) is 0 Å². The molecular weight excluding hydrogens is 248 g/mol. The topological polar surface area (TPSA) is 62.1 Å². The predicted octanol–water partition coefficient (Wildman–Crippen LogP) is 2.40. The van der Waals surface area contributed by atoms with E-state index >= 15 is 0 Å². The van der Waals surface area contributed by atoms with Gasteiger partial charge in [-0.05, 0) is 43.0 Å². The summed E-state index contributed by atoms with van der Waals surface area (Å²) in [7, 11) is 0. The predicted molar refractivity (Wildman–Crippen MR) is 84.7 cm³/mol. The van der Waals surface area contributed by atoms with Gasteiger partial charge in [0.15, 0.2) is 0 Å². The van der Waals surface area contributed by atoms with Crippen molar-refractivity contribution in [2.45, 2.75) is 19.3 Å². The summed E-state index contributed by atoms with van der Waals surface area (Å²) >= 11 is 0. The Bertz CT molecular complexity index is 500. The maximum absolute atomic E-state index is 5.27. The molecule has 1 aromatic rings. The molecule has 0 unspecified atom stereocenters. The monoisotopic (exact) mass is 270 g/mol. The summed E-state index contributed by atoms with van der Waals surface area (Å²) in [6.07, 6.45) is 9.54. The van der Waals surface area contributed by atoms with Crippen LogP contribution >= 0.6 is 0 Å². The number of hydrazine groups is 1. The summed E-state index contributed by atoms with van der Waals surface area (Å²) in [6.45, 7) is 4.77. The SMILES string of the molecule is C=C(NC1=CCCC=C1)Nc1ccc(CCNN)cc1. The summed E-state index contributed by atoms with van der Waals surface area (Å²) in [5, 5.41) is 6.51. The summed E-state index contributed by atoms with van der Waals surface area (Å²) in [4.78, 5) is 0. The van der Waals surface area contributed by atoms with E-state index in [1.165, 1.54) is 5.56 Å². The lowest BCUT2D eigenvalue weighted by Crippen LogP contribution is -2.24. The highest BCUT2D eigenvalue weighted by Crippen LogP contribution is 2.13. The minimum atomic E-state index is 0.777. The van der Waals surface area contributed by atoms with Crippen LogP contribution in [-0.4, -0.2) is 6.54 Å². The molecule has 4 heteroatoms. The molecule has 0 aliphatic heterocycles. The largest absolute Gasteiger partial charge is 0.343 e. The summed E-state index contributed by atoms with van der Waals surface area (Å²) in [5.74, 6) is 6.05. The normalized spacial score (nSPS) is 13.8. The van der Waals surface area contributed by atoms with Crippen molar-refractivity contribution >= 4 is 5.69 Å². The minimum Gasteiger partial charge on any atom is -0.343 e. The van der Waals surface area contributed by atoms with Crippen LogP contribution in [0.4, 0.5) is 5.69 Å². The minimum absolute atomic E-state index is 0.777. The van der Waals surface area contributed by atoms with E-state index in [4.69, 9.17) is 5.84 Å². The lowest BCUT2D eigenvalue weighted by Gasteiger charge is -2.15. The van der Waals surface area contributed by atoms with Crippen LogP contribution in [0.15, 0.2) is 60.6 Å². The van der Waals surface area contributed by atoms with Crippen molar-refractivity contribution in [2.24, 2.45) is 5.84 Å². The van der Waals surface area contributed by atoms with Crippen LogP contribution in [0.25, 0.3) is 0 Å². The molecule has 0 saturated carbocycles. The van der Waals surface area contributed by atoms with Gasteiger partial charge < -0.3 is 10.6 Å². The Kier molecular flexibility index (Phi) is 5.41. The number of rotatable bonds is 7. The van der Waals surface area contributed by atoms with Gasteiger partial charge in [0.1, 0.15) is 5.82 Å². The van der Waals surface area contributed by atoms with Gasteiger partial charge in [-0.1, -0.05) is 30.9 Å². The molecule has 0 atom stereocenters. The molecule has 0 heterocycles. The van der Waals surface area contributed by atoms with Crippen molar-refractivity contribution in [3.63, 3.8) is 0 Å². The maximum Gasteiger partial charge on any atom is 0.100 e. The lowest BCUT2D eigenvalue weighted by molar-refractivity contribution is 0.728. The van der Waals surface area contributed by atoms with Gasteiger partial charge in [-0.3, -0.25) is 11.3 Å². The maximum atomic E-state index is 5.27. The Hall–Kier alpha value is -2.04. The highest BCUT2D eigenvalue weighted by atomic mass is 15.2. The van der Waals surface area contributed by atoms with Crippen LogP contribution < -0.4 is 21.9 Å². The molecule has 1 aliphatic carbocycles. The first-order valence-electron chi connectivity index (χ1n) is 6.90. The highest BCUT2D eigenvalue weighted by molar-refractivity contribution is 5.49. The number of hydrogen-bond donors (Lipinski definition) is 4. The number of nitrogens with two attached hydrogens (primary N) is 1. The van der Waals surface area contributed by atoms with Crippen molar-refractivity contribution in [1.82, 2.24) is 10.7 Å². The zero-order chi connectivity index (χ0) is 14.2. The second kappa shape index (κ2) is 7.53. The standard InChI is InChI=1S/C16H22N4/c1-13(19-15-5-3-2-4-6-15)20-16-9-7-14(8-10-16)11-12-18-17/h3,5-10,18-20H,1-2,4,11-12,17H2. The zero-order valence-electron chi connectivity index (χ0n) is 11.7. The van der Waals surface area contributed by atoms with E-state index < -0.39 is 0 Å². The fourth-order valence-electron chi connectivity index (χ4n) is 2.06. The molecule has 0 aromatic heterocycles. The van der Waals surface area contributed by atoms with E-state index in [0.717, 1.165) is 43.0 Å². The van der Waals surface area contributed by atoms with Crippen molar-refractivity contribution in [3.8, 4) is 0 Å². The highest BCUT2D eigenvalue weighted by Gasteiger charge is 2.00. The Labute approximate surface area is 120 Å². The van der Waals surface area contributed by atoms with E-state index in [1.807, 2.05) is 12.1 Å². The Morgan fingerprint density at radius 3 is 2.60 bits per heavy atom. The van der Waals surface area contributed by atoms with E-state index in [-0.39, 0.29) is 0 Å². The molecule has 1 aliphatic rings. The van der Waals surface area contributed by atoms with Crippen molar-refractivity contribution in [2.75, 3.05) is 11.9 Å². The summed E-state index contributed by atoms with van der Waals surface area (Å²) < 4.78 is 0. The number of hydrogen-bond acceptors (Lipinski definition) is 4. The Morgan fingerprint density at radius 1 is 1.15 bits per heavy atom. The smallest absolute Gasteiger partial charge is 0.100 e. The second-order valence-corrected chi connectivity index (χ2v) is 4.77. The zero-order valence-corrected chi connectivity index (χ0v) is 11.7. The van der Waals surface area contributed by atoms with Gasteiger partial charge in [0.05, 0.1) is 0 Å². The van der Waals surface area contributed by atoms with Crippen molar-refractivity contribution in [3.05, 3.63) is 66.2 Å². The van der Waals surface area contributed by atoms with Crippen LogP contribution in [0.1, 0.15) is 18.4 Å². The second-order valence-electron chi connectivity index (χ2n) is 4.77. The Balaban J connectivity index is 1.84. The lowest BCUT2D eigenvalue weighted by atomic mass is 10.1. The first-order chi connectivity index (χ1) is 9.78. The van der Waals surface area contributed by atoms with Crippen LogP contribution in [0, 0.1) is 0 Å². The molecule has 4 nitrogen and oxygen atoms in total. The molecule has 5 N–H and O–H groups in total. The van der Waals surface area contributed by atoms with Crippen LogP contribution in [0.2, 0.25) is 0 Å². The van der Waals surface area contributed by atoms with Gasteiger partial charge in [-0.15, -0.1) is 0 Å². The molecule has 0 saturated heterocycles. The van der Waals surface area contributed by atoms with Gasteiger partial charge in [0, 0.05) is 17.9 Å². The first-order valence-corrected chi connectivity index (χ1v) is 6.90. The summed E-state index contributed by atoms with van der Waals surface area (Å²) in [5.41, 5.74) is 6.03. The molecule has 20 heavy (non-hydrogen) atoms. The molecule has 0 spiro atoms. The average Bonchev–Trinajstić information content (AvgIpc) is 2.47. The van der Waals surface area contributed by atoms with E-state index in [1.54, 1.807) is 0 Å². The Morgan fingerprint density at radius 2 is 1.95 bits per heavy atom. The van der Waals surface area contributed by atoms with E-state index in [0.29, 0.717) is 0 Å². The van der Waals surface area contributed by atoms with Crippen molar-refractivity contribution in [1.29, 1.82) is 0 Å². The van der Waals surface area contributed by atoms with E-state index in [2.05, 4.69) is 53.0 Å². The van der Waals surface area contributed by atoms with Gasteiger partial charge in [0.2, 0.25) is 0 Å². The third-order valence-corrected chi connectivity index (χ3v) is 3.10. The molecule has 1 aromatic carbocycles. The quantitative estimate of drug-likeness (QED) is 0.454. The molecule has 0 fully saturated rings. The fraction of sp³-hybridized carbons (Fsp3) is 0.250. The molecule has 0 amide bonds. The number of allylic oxidation sites excluding steroid dienone is 3. The fourth-order valence-corrected chi connectivity index (χ4v) is 2.06. The molecule has 2 rings (SSSR count). The van der Waals surface area contributed by atoms with E-state index in [9.17, 15) is 0 Å². The molecule has 106 valence electrons. The van der Waals surface area contributed by atoms with Gasteiger partial charge in [-0.25, -0.2) is 0 Å². The van der Waals surface area contributed by atoms with Crippen molar-refractivity contribution < 1.29 is 0 Å². The first kappa shape index (κ1) is 14.4. The number of nitrogens with one attached hydrogen (secondary N) is 3. The number of benzene rings is 1.